The Kier molecular flexibility index (Phi) is 3.95. The molecule has 0 aromatic carbocycles. The molecule has 0 fully saturated rings. The maximum atomic E-state index is 9.17. The minimum absolute atomic E-state index is 0.0825. The highest BCUT2D eigenvalue weighted by Crippen LogP contribution is 2.29. The largest absolute Gasteiger partial charge is 0.395 e. The summed E-state index contributed by atoms with van der Waals surface area (Å²) in [6, 6.07) is 2.23. The van der Waals surface area contributed by atoms with E-state index in [0.29, 0.717) is 12.5 Å². The summed E-state index contributed by atoms with van der Waals surface area (Å²) in [5, 5.41) is 12.1. The van der Waals surface area contributed by atoms with Gasteiger partial charge in [-0.25, -0.2) is 10.8 Å². The summed E-state index contributed by atoms with van der Waals surface area (Å²) in [6.45, 7) is 4.74. The Hall–Kier alpha value is -1.44. The quantitative estimate of drug-likeness (QED) is 0.557. The SMILES string of the molecule is CC(C)N(CCO)c1nc(NN)nc2sccc12. The average Bonchev–Trinajstić information content (AvgIpc) is 2.82. The normalized spacial score (nSPS) is 11.2. The Bertz CT molecular complexity index is 527. The van der Waals surface area contributed by atoms with Gasteiger partial charge in [-0.15, -0.1) is 11.3 Å². The van der Waals surface area contributed by atoms with Gasteiger partial charge in [0.25, 0.3) is 0 Å². The van der Waals surface area contributed by atoms with E-state index in [-0.39, 0.29) is 12.6 Å². The van der Waals surface area contributed by atoms with Crippen LogP contribution in [0.4, 0.5) is 11.8 Å². The molecule has 0 saturated carbocycles. The molecule has 0 aliphatic carbocycles. The van der Waals surface area contributed by atoms with Gasteiger partial charge in [0.1, 0.15) is 10.6 Å². The van der Waals surface area contributed by atoms with Crippen molar-refractivity contribution in [2.45, 2.75) is 19.9 Å². The highest BCUT2D eigenvalue weighted by Gasteiger charge is 2.17. The first-order chi connectivity index (χ1) is 8.67. The molecule has 7 heteroatoms. The molecule has 0 spiro atoms. The Balaban J connectivity index is 2.55. The number of nitrogens with one attached hydrogen (secondary N) is 1. The van der Waals surface area contributed by atoms with Crippen LogP contribution in [-0.4, -0.2) is 34.3 Å². The standard InChI is InChI=1S/C11H17N5OS/c1-7(2)16(4-5-17)9-8-3-6-18-10(8)14-11(13-9)15-12/h3,6-7,17H,4-5,12H2,1-2H3,(H,13,14,15). The van der Waals surface area contributed by atoms with Crippen molar-refractivity contribution in [2.24, 2.45) is 5.84 Å². The summed E-state index contributed by atoms with van der Waals surface area (Å²) in [5.74, 6) is 6.59. The molecule has 6 nitrogen and oxygen atoms in total. The van der Waals surface area contributed by atoms with E-state index >= 15 is 0 Å². The van der Waals surface area contributed by atoms with Crippen LogP contribution < -0.4 is 16.2 Å². The van der Waals surface area contributed by atoms with Gasteiger partial charge < -0.3 is 10.0 Å². The summed E-state index contributed by atoms with van der Waals surface area (Å²) >= 11 is 1.54. The van der Waals surface area contributed by atoms with Crippen molar-refractivity contribution >= 4 is 33.3 Å². The second-order valence-corrected chi connectivity index (χ2v) is 5.06. The van der Waals surface area contributed by atoms with Crippen molar-refractivity contribution in [3.8, 4) is 0 Å². The number of aliphatic hydroxyl groups is 1. The van der Waals surface area contributed by atoms with Crippen LogP contribution in [0.5, 0.6) is 0 Å². The maximum absolute atomic E-state index is 9.17. The van der Waals surface area contributed by atoms with Crippen LogP contribution in [0.3, 0.4) is 0 Å². The van der Waals surface area contributed by atoms with Crippen LogP contribution in [0.15, 0.2) is 11.4 Å². The number of hydrogen-bond acceptors (Lipinski definition) is 7. The summed E-state index contributed by atoms with van der Waals surface area (Å²) in [7, 11) is 0. The molecule has 0 amide bonds. The molecule has 0 unspecified atom stereocenters. The third kappa shape index (κ3) is 2.38. The number of aliphatic hydroxyl groups excluding tert-OH is 1. The molecule has 0 aliphatic heterocycles. The van der Waals surface area contributed by atoms with Crippen molar-refractivity contribution in [3.05, 3.63) is 11.4 Å². The molecule has 2 aromatic heterocycles. The highest BCUT2D eigenvalue weighted by molar-refractivity contribution is 7.16. The topological polar surface area (TPSA) is 87.3 Å². The highest BCUT2D eigenvalue weighted by atomic mass is 32.1. The van der Waals surface area contributed by atoms with Crippen LogP contribution >= 0.6 is 11.3 Å². The zero-order valence-electron chi connectivity index (χ0n) is 10.4. The van der Waals surface area contributed by atoms with Crippen molar-refractivity contribution in [2.75, 3.05) is 23.5 Å². The van der Waals surface area contributed by atoms with Crippen molar-refractivity contribution < 1.29 is 5.11 Å². The Morgan fingerprint density at radius 1 is 1.50 bits per heavy atom. The number of hydrazine groups is 1. The number of nitrogens with zero attached hydrogens (tertiary/aromatic N) is 3. The van der Waals surface area contributed by atoms with Gasteiger partial charge in [-0.3, -0.25) is 5.43 Å². The molecule has 2 rings (SSSR count). The van der Waals surface area contributed by atoms with Gasteiger partial charge in [0.05, 0.1) is 12.0 Å². The van der Waals surface area contributed by atoms with E-state index < -0.39 is 0 Å². The van der Waals surface area contributed by atoms with Crippen LogP contribution in [-0.2, 0) is 0 Å². The van der Waals surface area contributed by atoms with Crippen LogP contribution in [0, 0.1) is 0 Å². The predicted octanol–water partition coefficient (Wildman–Crippen LogP) is 1.18. The molecule has 4 N–H and O–H groups in total. The molecular weight excluding hydrogens is 250 g/mol. The molecule has 0 bridgehead atoms. The Labute approximate surface area is 109 Å². The lowest BCUT2D eigenvalue weighted by Crippen LogP contribution is -2.34. The van der Waals surface area contributed by atoms with Gasteiger partial charge in [0.2, 0.25) is 5.95 Å². The number of thiophene rings is 1. The van der Waals surface area contributed by atoms with E-state index in [9.17, 15) is 5.11 Å². The summed E-state index contributed by atoms with van der Waals surface area (Å²) in [5.41, 5.74) is 2.48. The lowest BCUT2D eigenvalue weighted by atomic mass is 10.2. The van der Waals surface area contributed by atoms with Crippen molar-refractivity contribution in [1.29, 1.82) is 0 Å². The summed E-state index contributed by atoms with van der Waals surface area (Å²) < 4.78 is 0. The predicted molar refractivity (Wildman–Crippen MR) is 74.8 cm³/mol. The third-order valence-corrected chi connectivity index (χ3v) is 3.48. The minimum atomic E-state index is 0.0825. The van der Waals surface area contributed by atoms with Crippen molar-refractivity contribution in [1.82, 2.24) is 9.97 Å². The number of fused-ring (bicyclic) bond motifs is 1. The van der Waals surface area contributed by atoms with E-state index in [1.807, 2.05) is 16.3 Å². The smallest absolute Gasteiger partial charge is 0.240 e. The first kappa shape index (κ1) is 13.0. The first-order valence-corrected chi connectivity index (χ1v) is 6.64. The molecular formula is C11H17N5OS. The second-order valence-electron chi connectivity index (χ2n) is 4.17. The molecule has 18 heavy (non-hydrogen) atoms. The van der Waals surface area contributed by atoms with Gasteiger partial charge in [-0.2, -0.15) is 4.98 Å². The number of nitrogens with two attached hydrogens (primary N) is 1. The molecule has 0 radical (unpaired) electrons. The fourth-order valence-electron chi connectivity index (χ4n) is 1.84. The molecule has 0 saturated heterocycles. The molecule has 2 heterocycles. The van der Waals surface area contributed by atoms with Gasteiger partial charge in [0.15, 0.2) is 0 Å². The maximum Gasteiger partial charge on any atom is 0.240 e. The van der Waals surface area contributed by atoms with E-state index in [1.54, 1.807) is 11.3 Å². The van der Waals surface area contributed by atoms with Gasteiger partial charge >= 0.3 is 0 Å². The van der Waals surface area contributed by atoms with E-state index in [2.05, 4.69) is 29.2 Å². The van der Waals surface area contributed by atoms with E-state index in [1.165, 1.54) is 0 Å². The first-order valence-electron chi connectivity index (χ1n) is 5.76. The Morgan fingerprint density at radius 3 is 2.89 bits per heavy atom. The van der Waals surface area contributed by atoms with Gasteiger partial charge in [-0.05, 0) is 25.3 Å². The third-order valence-electron chi connectivity index (χ3n) is 2.67. The number of rotatable bonds is 5. The average molecular weight is 267 g/mol. The number of hydrogen-bond donors (Lipinski definition) is 3. The fraction of sp³-hybridized carbons (Fsp3) is 0.455. The number of anilines is 2. The zero-order chi connectivity index (χ0) is 13.1. The second kappa shape index (κ2) is 5.47. The van der Waals surface area contributed by atoms with Crippen molar-refractivity contribution in [3.63, 3.8) is 0 Å². The van der Waals surface area contributed by atoms with Gasteiger partial charge in [-0.1, -0.05) is 0 Å². The molecule has 2 aromatic rings. The molecule has 98 valence electrons. The van der Waals surface area contributed by atoms with Crippen LogP contribution in [0.25, 0.3) is 10.2 Å². The monoisotopic (exact) mass is 267 g/mol. The van der Waals surface area contributed by atoms with E-state index in [4.69, 9.17) is 5.84 Å². The number of nitrogen functional groups attached to an aromatic ring is 1. The lowest BCUT2D eigenvalue weighted by Gasteiger charge is -2.27. The number of aromatic nitrogens is 2. The lowest BCUT2D eigenvalue weighted by molar-refractivity contribution is 0.299. The zero-order valence-corrected chi connectivity index (χ0v) is 11.2. The fourth-order valence-corrected chi connectivity index (χ4v) is 2.60. The van der Waals surface area contributed by atoms with Crippen LogP contribution in [0.2, 0.25) is 0 Å². The molecule has 0 aliphatic rings. The van der Waals surface area contributed by atoms with Gasteiger partial charge in [0, 0.05) is 12.6 Å². The van der Waals surface area contributed by atoms with Crippen LogP contribution in [0.1, 0.15) is 13.8 Å². The Morgan fingerprint density at radius 2 is 2.28 bits per heavy atom. The van der Waals surface area contributed by atoms with E-state index in [0.717, 1.165) is 16.0 Å². The summed E-state index contributed by atoms with van der Waals surface area (Å²) in [6.07, 6.45) is 0. The molecule has 0 atom stereocenters. The summed E-state index contributed by atoms with van der Waals surface area (Å²) in [4.78, 5) is 11.6. The minimum Gasteiger partial charge on any atom is -0.395 e.